The van der Waals surface area contributed by atoms with Crippen LogP contribution in [-0.4, -0.2) is 0 Å². The molecule has 0 bridgehead atoms. The summed E-state index contributed by atoms with van der Waals surface area (Å²) in [6, 6.07) is 11.1. The zero-order chi connectivity index (χ0) is 7.52. The summed E-state index contributed by atoms with van der Waals surface area (Å²) in [5.74, 6) is 0.490. The molecular weight excluding hydrogens is 180 g/mol. The molecule has 0 spiro atoms. The van der Waals surface area contributed by atoms with Gasteiger partial charge in [0.2, 0.25) is 0 Å². The Labute approximate surface area is 87.9 Å². The number of hydrogen-bond donors (Lipinski definition) is 0. The fraction of sp³-hybridized carbons (Fsp3) is 0.0909. The molecule has 1 aliphatic rings. The van der Waals surface area contributed by atoms with Gasteiger partial charge in [0, 0.05) is 27.6 Å². The molecule has 12 heavy (non-hydrogen) atoms. The molecular formula is C11H9Ti. The van der Waals surface area contributed by atoms with Crippen LogP contribution in [-0.2, 0) is 21.7 Å². The van der Waals surface area contributed by atoms with Gasteiger partial charge in [-0.3, -0.25) is 0 Å². The summed E-state index contributed by atoms with van der Waals surface area (Å²) in [6.07, 6.45) is 8.55. The van der Waals surface area contributed by atoms with Crippen molar-refractivity contribution in [3.63, 3.8) is 0 Å². The van der Waals surface area contributed by atoms with E-state index in [1.807, 2.05) is 12.1 Å². The summed E-state index contributed by atoms with van der Waals surface area (Å²) >= 11 is 0. The Morgan fingerprint density at radius 2 is 1.58 bits per heavy atom. The molecule has 0 amide bonds. The topological polar surface area (TPSA) is 0 Å². The second kappa shape index (κ2) is 4.44. The van der Waals surface area contributed by atoms with E-state index in [9.17, 15) is 0 Å². The van der Waals surface area contributed by atoms with Gasteiger partial charge in [-0.05, 0) is 11.6 Å². The van der Waals surface area contributed by atoms with E-state index in [1.54, 1.807) is 0 Å². The number of allylic oxidation sites excluding steroid dienone is 4. The van der Waals surface area contributed by atoms with Crippen LogP contribution in [0.2, 0.25) is 0 Å². The molecule has 0 unspecified atom stereocenters. The fourth-order valence-corrected chi connectivity index (χ4v) is 1.28. The summed E-state index contributed by atoms with van der Waals surface area (Å²) in [6.45, 7) is 0. The Kier molecular flexibility index (Phi) is 3.52. The van der Waals surface area contributed by atoms with Crippen LogP contribution in [0.3, 0.4) is 0 Å². The van der Waals surface area contributed by atoms with Crippen molar-refractivity contribution in [3.8, 4) is 0 Å². The van der Waals surface area contributed by atoms with E-state index < -0.39 is 0 Å². The molecule has 57 valence electrons. The van der Waals surface area contributed by atoms with E-state index in [-0.39, 0.29) is 21.7 Å². The van der Waals surface area contributed by atoms with Gasteiger partial charge in [-0.2, -0.15) is 0 Å². The summed E-state index contributed by atoms with van der Waals surface area (Å²) in [4.78, 5) is 0. The molecule has 0 saturated carbocycles. The number of rotatable bonds is 1. The maximum absolute atomic E-state index is 3.01. The molecule has 0 atom stereocenters. The van der Waals surface area contributed by atoms with Gasteiger partial charge < -0.3 is 0 Å². The molecule has 1 aromatic rings. The summed E-state index contributed by atoms with van der Waals surface area (Å²) in [7, 11) is 0. The zero-order valence-electron chi connectivity index (χ0n) is 6.70. The molecule has 1 aliphatic carbocycles. The predicted octanol–water partition coefficient (Wildman–Crippen LogP) is 2.69. The average Bonchev–Trinajstić information content (AvgIpc) is 2.58. The molecule has 0 aromatic heterocycles. The van der Waals surface area contributed by atoms with Crippen LogP contribution in [0.15, 0.2) is 48.6 Å². The van der Waals surface area contributed by atoms with Gasteiger partial charge in [0.05, 0.1) is 0 Å². The largest absolute Gasteiger partial charge is 0.0732 e. The van der Waals surface area contributed by atoms with Crippen LogP contribution in [0.25, 0.3) is 0 Å². The van der Waals surface area contributed by atoms with Crippen molar-refractivity contribution in [1.29, 1.82) is 0 Å². The van der Waals surface area contributed by atoms with Crippen molar-refractivity contribution in [3.05, 3.63) is 60.2 Å². The van der Waals surface area contributed by atoms with E-state index in [4.69, 9.17) is 0 Å². The molecule has 0 nitrogen and oxygen atoms in total. The molecule has 0 heterocycles. The summed E-state index contributed by atoms with van der Waals surface area (Å²) < 4.78 is 0. The summed E-state index contributed by atoms with van der Waals surface area (Å²) in [5, 5.41) is 0. The van der Waals surface area contributed by atoms with Gasteiger partial charge in [0.1, 0.15) is 0 Å². The second-order valence-electron chi connectivity index (χ2n) is 2.63. The normalized spacial score (nSPS) is 14.7. The second-order valence-corrected chi connectivity index (χ2v) is 2.63. The molecule has 0 N–H and O–H groups in total. The minimum atomic E-state index is 0. The van der Waals surface area contributed by atoms with Crippen LogP contribution < -0.4 is 0 Å². The maximum atomic E-state index is 3.01. The Morgan fingerprint density at radius 1 is 1.00 bits per heavy atom. The zero-order valence-corrected chi connectivity index (χ0v) is 8.26. The SMILES string of the molecule is [Ti].[c]1ccc(C2C=CC=C2)cc1. The molecule has 1 heteroatoms. The van der Waals surface area contributed by atoms with Gasteiger partial charge in [-0.15, -0.1) is 0 Å². The first kappa shape index (κ1) is 9.50. The van der Waals surface area contributed by atoms with E-state index in [0.717, 1.165) is 0 Å². The Bertz CT molecular complexity index is 273. The van der Waals surface area contributed by atoms with Crippen molar-refractivity contribution in [1.82, 2.24) is 0 Å². The number of hydrogen-bond acceptors (Lipinski definition) is 0. The average molecular weight is 189 g/mol. The summed E-state index contributed by atoms with van der Waals surface area (Å²) in [5.41, 5.74) is 1.34. The van der Waals surface area contributed by atoms with Gasteiger partial charge >= 0.3 is 0 Å². The predicted molar refractivity (Wildman–Crippen MR) is 46.3 cm³/mol. The maximum Gasteiger partial charge on any atom is 0.0204 e. The fourth-order valence-electron chi connectivity index (χ4n) is 1.28. The Balaban J connectivity index is 0.000000720. The quantitative estimate of drug-likeness (QED) is 0.595. The van der Waals surface area contributed by atoms with Crippen molar-refractivity contribution < 1.29 is 21.7 Å². The minimum Gasteiger partial charge on any atom is -0.0732 e. The van der Waals surface area contributed by atoms with E-state index in [2.05, 4.69) is 42.5 Å². The Hall–Kier alpha value is -0.586. The van der Waals surface area contributed by atoms with Gasteiger partial charge in [-0.25, -0.2) is 0 Å². The third-order valence-electron chi connectivity index (χ3n) is 1.88. The van der Waals surface area contributed by atoms with Crippen LogP contribution in [0.4, 0.5) is 0 Å². The molecule has 2 rings (SSSR count). The molecule has 0 aliphatic heterocycles. The van der Waals surface area contributed by atoms with Crippen LogP contribution >= 0.6 is 0 Å². The van der Waals surface area contributed by atoms with Gasteiger partial charge in [0.25, 0.3) is 0 Å². The van der Waals surface area contributed by atoms with Crippen LogP contribution in [0.1, 0.15) is 11.5 Å². The first-order valence-corrected chi connectivity index (χ1v) is 3.78. The van der Waals surface area contributed by atoms with Crippen molar-refractivity contribution >= 4 is 0 Å². The van der Waals surface area contributed by atoms with Gasteiger partial charge in [-0.1, -0.05) is 48.6 Å². The first-order valence-electron chi connectivity index (χ1n) is 3.78. The third-order valence-corrected chi connectivity index (χ3v) is 1.88. The van der Waals surface area contributed by atoms with E-state index >= 15 is 0 Å². The smallest absolute Gasteiger partial charge is 0.0204 e. The monoisotopic (exact) mass is 189 g/mol. The van der Waals surface area contributed by atoms with Crippen LogP contribution in [0.5, 0.6) is 0 Å². The van der Waals surface area contributed by atoms with Gasteiger partial charge in [0.15, 0.2) is 0 Å². The Morgan fingerprint density at radius 3 is 2.17 bits per heavy atom. The van der Waals surface area contributed by atoms with Crippen molar-refractivity contribution in [2.24, 2.45) is 0 Å². The number of benzene rings is 1. The molecule has 1 radical (unpaired) electrons. The standard InChI is InChI=1S/C11H9.Ti/c1-2-6-10(7-3-1)11-8-4-5-9-11;/h2-9,11H;. The third kappa shape index (κ3) is 1.97. The van der Waals surface area contributed by atoms with Crippen molar-refractivity contribution in [2.45, 2.75) is 5.92 Å². The molecule has 0 saturated heterocycles. The van der Waals surface area contributed by atoms with Crippen LogP contribution in [0, 0.1) is 6.07 Å². The molecule has 1 aromatic carbocycles. The van der Waals surface area contributed by atoms with Crippen molar-refractivity contribution in [2.75, 3.05) is 0 Å². The molecule has 0 fully saturated rings. The first-order chi connectivity index (χ1) is 5.47. The minimum absolute atomic E-state index is 0. The van der Waals surface area contributed by atoms with E-state index in [1.165, 1.54) is 5.56 Å². The van der Waals surface area contributed by atoms with E-state index in [0.29, 0.717) is 5.92 Å².